The number of aromatic nitrogens is 4. The first-order valence-electron chi connectivity index (χ1n) is 7.27. The summed E-state index contributed by atoms with van der Waals surface area (Å²) in [6, 6.07) is 14.3. The molecule has 0 unspecified atom stereocenters. The van der Waals surface area contributed by atoms with E-state index in [1.54, 1.807) is 6.07 Å². The second-order valence-corrected chi connectivity index (χ2v) is 5.41. The Hall–Kier alpha value is -3.02. The van der Waals surface area contributed by atoms with Gasteiger partial charge in [0.15, 0.2) is 11.5 Å². The van der Waals surface area contributed by atoms with Gasteiger partial charge in [0, 0.05) is 24.7 Å². The summed E-state index contributed by atoms with van der Waals surface area (Å²) >= 11 is 0. The van der Waals surface area contributed by atoms with E-state index in [0.29, 0.717) is 12.1 Å². The second-order valence-electron chi connectivity index (χ2n) is 5.41. The normalized spacial score (nSPS) is 11.2. The first-order chi connectivity index (χ1) is 11.2. The number of rotatable bonds is 3. The summed E-state index contributed by atoms with van der Waals surface area (Å²) in [6.45, 7) is 0.555. The van der Waals surface area contributed by atoms with E-state index in [-0.39, 0.29) is 5.82 Å². The molecule has 6 heteroatoms. The van der Waals surface area contributed by atoms with Crippen molar-refractivity contribution in [3.8, 4) is 0 Å². The van der Waals surface area contributed by atoms with Gasteiger partial charge in [-0.3, -0.25) is 4.40 Å². The van der Waals surface area contributed by atoms with Crippen LogP contribution in [0.5, 0.6) is 0 Å². The van der Waals surface area contributed by atoms with Gasteiger partial charge in [0.2, 0.25) is 0 Å². The molecule has 0 saturated carbocycles. The molecule has 0 atom stereocenters. The third-order valence-corrected chi connectivity index (χ3v) is 3.79. The highest BCUT2D eigenvalue weighted by atomic mass is 19.1. The minimum Gasteiger partial charge on any atom is -0.352 e. The lowest BCUT2D eigenvalue weighted by Crippen LogP contribution is -2.19. The van der Waals surface area contributed by atoms with Gasteiger partial charge in [0.1, 0.15) is 11.6 Å². The van der Waals surface area contributed by atoms with E-state index in [4.69, 9.17) is 0 Å². The highest BCUT2D eigenvalue weighted by Gasteiger charge is 2.10. The Labute approximate surface area is 132 Å². The molecule has 5 nitrogen and oxygen atoms in total. The summed E-state index contributed by atoms with van der Waals surface area (Å²) in [7, 11) is 1.93. The van der Waals surface area contributed by atoms with E-state index >= 15 is 0 Å². The van der Waals surface area contributed by atoms with Crippen LogP contribution < -0.4 is 4.90 Å². The summed E-state index contributed by atoms with van der Waals surface area (Å²) in [5.74, 6) is 1.30. The number of benzene rings is 1. The molecule has 3 heterocycles. The molecule has 4 aromatic rings. The lowest BCUT2D eigenvalue weighted by atomic mass is 10.2. The Morgan fingerprint density at radius 1 is 1.09 bits per heavy atom. The van der Waals surface area contributed by atoms with Gasteiger partial charge in [-0.25, -0.2) is 9.37 Å². The van der Waals surface area contributed by atoms with Crippen molar-refractivity contribution in [2.75, 3.05) is 11.9 Å². The topological polar surface area (TPSA) is 46.3 Å². The van der Waals surface area contributed by atoms with Crippen LogP contribution in [0.25, 0.3) is 16.6 Å². The third kappa shape index (κ3) is 2.48. The van der Waals surface area contributed by atoms with Gasteiger partial charge in [0.25, 0.3) is 0 Å². The third-order valence-electron chi connectivity index (χ3n) is 3.79. The maximum absolute atomic E-state index is 13.4. The maximum Gasteiger partial charge on any atom is 0.160 e. The zero-order valence-corrected chi connectivity index (χ0v) is 12.5. The SMILES string of the molecule is CN(Cc1nnc2ccccn12)c1ccc2ccc(F)cc2n1. The first-order valence-corrected chi connectivity index (χ1v) is 7.27. The van der Waals surface area contributed by atoms with E-state index in [0.717, 1.165) is 22.7 Å². The number of nitrogens with zero attached hydrogens (tertiary/aromatic N) is 5. The number of anilines is 1. The van der Waals surface area contributed by atoms with Crippen LogP contribution >= 0.6 is 0 Å². The highest BCUT2D eigenvalue weighted by Crippen LogP contribution is 2.19. The molecule has 4 rings (SSSR count). The van der Waals surface area contributed by atoms with Crippen molar-refractivity contribution in [1.29, 1.82) is 0 Å². The van der Waals surface area contributed by atoms with E-state index < -0.39 is 0 Å². The molecule has 0 radical (unpaired) electrons. The predicted molar refractivity (Wildman–Crippen MR) is 86.8 cm³/mol. The molecule has 0 aliphatic heterocycles. The molecular formula is C17H14FN5. The number of fused-ring (bicyclic) bond motifs is 2. The Morgan fingerprint density at radius 3 is 2.87 bits per heavy atom. The molecule has 114 valence electrons. The molecule has 1 aromatic carbocycles. The second kappa shape index (κ2) is 5.31. The monoisotopic (exact) mass is 307 g/mol. The predicted octanol–water partition coefficient (Wildman–Crippen LogP) is 3.05. The number of hydrogen-bond donors (Lipinski definition) is 0. The van der Waals surface area contributed by atoms with Gasteiger partial charge in [-0.15, -0.1) is 10.2 Å². The summed E-state index contributed by atoms with van der Waals surface area (Å²) in [5.41, 5.74) is 1.45. The smallest absolute Gasteiger partial charge is 0.160 e. The molecule has 0 N–H and O–H groups in total. The van der Waals surface area contributed by atoms with E-state index in [1.165, 1.54) is 12.1 Å². The van der Waals surface area contributed by atoms with Crippen molar-refractivity contribution in [1.82, 2.24) is 19.6 Å². The van der Waals surface area contributed by atoms with Crippen LogP contribution in [-0.4, -0.2) is 26.6 Å². The van der Waals surface area contributed by atoms with E-state index in [2.05, 4.69) is 15.2 Å². The van der Waals surface area contributed by atoms with Crippen molar-refractivity contribution in [3.05, 3.63) is 66.4 Å². The average molecular weight is 307 g/mol. The van der Waals surface area contributed by atoms with Crippen LogP contribution in [0.2, 0.25) is 0 Å². The molecule has 23 heavy (non-hydrogen) atoms. The van der Waals surface area contributed by atoms with Gasteiger partial charge in [-0.05, 0) is 36.4 Å². The molecule has 0 aliphatic rings. The highest BCUT2D eigenvalue weighted by molar-refractivity contribution is 5.80. The van der Waals surface area contributed by atoms with E-state index in [1.807, 2.05) is 52.9 Å². The van der Waals surface area contributed by atoms with Gasteiger partial charge >= 0.3 is 0 Å². The molecule has 0 aliphatic carbocycles. The molecule has 0 fully saturated rings. The van der Waals surface area contributed by atoms with Crippen LogP contribution in [0.15, 0.2) is 54.7 Å². The van der Waals surface area contributed by atoms with Gasteiger partial charge < -0.3 is 4.90 Å². The van der Waals surface area contributed by atoms with E-state index in [9.17, 15) is 4.39 Å². The molecular weight excluding hydrogens is 293 g/mol. The van der Waals surface area contributed by atoms with Crippen LogP contribution in [0.1, 0.15) is 5.82 Å². The minimum absolute atomic E-state index is 0.284. The average Bonchev–Trinajstić information content (AvgIpc) is 2.97. The van der Waals surface area contributed by atoms with Gasteiger partial charge in [-0.2, -0.15) is 0 Å². The fourth-order valence-electron chi connectivity index (χ4n) is 2.58. The molecule has 0 saturated heterocycles. The summed E-state index contributed by atoms with van der Waals surface area (Å²) in [5, 5.41) is 9.28. The zero-order valence-electron chi connectivity index (χ0n) is 12.5. The number of pyridine rings is 2. The number of halogens is 1. The zero-order chi connectivity index (χ0) is 15.8. The van der Waals surface area contributed by atoms with Crippen LogP contribution in [0.4, 0.5) is 10.2 Å². The summed E-state index contributed by atoms with van der Waals surface area (Å²) in [6.07, 6.45) is 1.93. The van der Waals surface area contributed by atoms with Crippen molar-refractivity contribution in [2.45, 2.75) is 6.54 Å². The molecule has 0 spiro atoms. The van der Waals surface area contributed by atoms with Gasteiger partial charge in [0.05, 0.1) is 12.1 Å². The lowest BCUT2D eigenvalue weighted by molar-refractivity contribution is 0.629. The van der Waals surface area contributed by atoms with Crippen LogP contribution in [0.3, 0.4) is 0 Å². The fraction of sp³-hybridized carbons (Fsp3) is 0.118. The van der Waals surface area contributed by atoms with Crippen LogP contribution in [-0.2, 0) is 6.54 Å². The molecule has 0 bridgehead atoms. The molecule has 0 amide bonds. The largest absolute Gasteiger partial charge is 0.352 e. The number of hydrogen-bond acceptors (Lipinski definition) is 4. The summed E-state index contributed by atoms with van der Waals surface area (Å²) < 4.78 is 15.3. The lowest BCUT2D eigenvalue weighted by Gasteiger charge is -2.17. The van der Waals surface area contributed by atoms with Crippen molar-refractivity contribution in [3.63, 3.8) is 0 Å². The Kier molecular flexibility index (Phi) is 3.15. The standard InChI is InChI=1S/C17H14FN5/c1-22(11-17-21-20-16-4-2-3-9-23(16)17)15-8-6-12-5-7-13(18)10-14(12)19-15/h2-10H,11H2,1H3. The van der Waals surface area contributed by atoms with Crippen molar-refractivity contribution < 1.29 is 4.39 Å². The Morgan fingerprint density at radius 2 is 1.96 bits per heavy atom. The Balaban J connectivity index is 1.67. The first kappa shape index (κ1) is 13.6. The minimum atomic E-state index is -0.284. The maximum atomic E-state index is 13.4. The summed E-state index contributed by atoms with van der Waals surface area (Å²) in [4.78, 5) is 6.49. The van der Waals surface area contributed by atoms with Crippen LogP contribution in [0, 0.1) is 5.82 Å². The molecule has 3 aromatic heterocycles. The quantitative estimate of drug-likeness (QED) is 0.583. The van der Waals surface area contributed by atoms with Crippen molar-refractivity contribution in [2.24, 2.45) is 0 Å². The fourth-order valence-corrected chi connectivity index (χ4v) is 2.58. The van der Waals surface area contributed by atoms with Gasteiger partial charge in [-0.1, -0.05) is 6.07 Å². The van der Waals surface area contributed by atoms with Crippen molar-refractivity contribution >= 4 is 22.4 Å². The Bertz CT molecular complexity index is 995.